The monoisotopic (exact) mass is 432 g/mol. The van der Waals surface area contributed by atoms with Crippen LogP contribution in [0, 0.1) is 0 Å². The molecule has 0 saturated carbocycles. The molecule has 2 amide bonds. The van der Waals surface area contributed by atoms with Gasteiger partial charge in [0.05, 0.1) is 7.11 Å². The summed E-state index contributed by atoms with van der Waals surface area (Å²) in [6.07, 6.45) is 2.02. The summed E-state index contributed by atoms with van der Waals surface area (Å²) in [5.74, 6) is -0.121. The van der Waals surface area contributed by atoms with Crippen molar-refractivity contribution in [2.24, 2.45) is 0 Å². The Bertz CT molecular complexity index is 802. The zero-order chi connectivity index (χ0) is 19.6. The summed E-state index contributed by atoms with van der Waals surface area (Å²) < 4.78 is 5.98. The maximum absolute atomic E-state index is 12.5. The van der Waals surface area contributed by atoms with E-state index in [-0.39, 0.29) is 18.2 Å². The molecule has 0 aromatic heterocycles. The topological polar surface area (TPSA) is 87.7 Å². The van der Waals surface area contributed by atoms with Crippen molar-refractivity contribution in [3.8, 4) is 5.75 Å². The summed E-state index contributed by atoms with van der Waals surface area (Å²) in [6.45, 7) is 0.284. The smallest absolute Gasteiger partial charge is 0.267 e. The number of hydrogen-bond donors (Lipinski definition) is 3. The van der Waals surface area contributed by atoms with Crippen molar-refractivity contribution in [3.05, 3.63) is 69.8 Å². The van der Waals surface area contributed by atoms with Gasteiger partial charge in [0.2, 0.25) is 0 Å². The molecule has 2 rings (SSSR count). The molecular formula is C20H21BrN2O4. The van der Waals surface area contributed by atoms with Crippen molar-refractivity contribution in [3.63, 3.8) is 0 Å². The lowest BCUT2D eigenvalue weighted by molar-refractivity contribution is -0.117. The van der Waals surface area contributed by atoms with E-state index in [4.69, 9.17) is 9.84 Å². The molecule has 0 unspecified atom stereocenters. The molecule has 2 aromatic carbocycles. The van der Waals surface area contributed by atoms with Crippen LogP contribution in [0.1, 0.15) is 22.3 Å². The normalized spacial score (nSPS) is 11.0. The predicted molar refractivity (Wildman–Crippen MR) is 107 cm³/mol. The lowest BCUT2D eigenvalue weighted by atomic mass is 10.1. The summed E-state index contributed by atoms with van der Waals surface area (Å²) in [5.41, 5.74) is 1.28. The van der Waals surface area contributed by atoms with Gasteiger partial charge in [-0.05, 0) is 54.5 Å². The second-order valence-corrected chi connectivity index (χ2v) is 6.54. The van der Waals surface area contributed by atoms with Gasteiger partial charge in [0.25, 0.3) is 11.8 Å². The van der Waals surface area contributed by atoms with Crippen molar-refractivity contribution < 1.29 is 19.4 Å². The summed E-state index contributed by atoms with van der Waals surface area (Å²) in [7, 11) is 1.57. The Morgan fingerprint density at radius 3 is 2.37 bits per heavy atom. The van der Waals surface area contributed by atoms with Gasteiger partial charge in [0.15, 0.2) is 0 Å². The van der Waals surface area contributed by atoms with Crippen LogP contribution in [0.2, 0.25) is 0 Å². The highest BCUT2D eigenvalue weighted by molar-refractivity contribution is 9.10. The molecule has 0 radical (unpaired) electrons. The summed E-state index contributed by atoms with van der Waals surface area (Å²) >= 11 is 3.32. The fourth-order valence-corrected chi connectivity index (χ4v) is 2.46. The Balaban J connectivity index is 2.22. The van der Waals surface area contributed by atoms with Crippen LogP contribution in [0.5, 0.6) is 5.75 Å². The van der Waals surface area contributed by atoms with Crippen LogP contribution in [0.15, 0.2) is 58.7 Å². The second kappa shape index (κ2) is 10.5. The van der Waals surface area contributed by atoms with E-state index >= 15 is 0 Å². The van der Waals surface area contributed by atoms with Crippen molar-refractivity contribution in [2.75, 3.05) is 20.3 Å². The third kappa shape index (κ3) is 6.54. The van der Waals surface area contributed by atoms with Gasteiger partial charge in [0, 0.05) is 23.2 Å². The van der Waals surface area contributed by atoms with E-state index in [1.54, 1.807) is 61.7 Å². The predicted octanol–water partition coefficient (Wildman–Crippen LogP) is 2.73. The van der Waals surface area contributed by atoms with Crippen LogP contribution in [0.3, 0.4) is 0 Å². The van der Waals surface area contributed by atoms with Gasteiger partial charge in [-0.25, -0.2) is 0 Å². The molecule has 7 heteroatoms. The van der Waals surface area contributed by atoms with Crippen LogP contribution >= 0.6 is 15.9 Å². The molecule has 6 nitrogen and oxygen atoms in total. The van der Waals surface area contributed by atoms with Crippen molar-refractivity contribution in [2.45, 2.75) is 6.42 Å². The fraction of sp³-hybridized carbons (Fsp3) is 0.200. The number of halogens is 1. The number of methoxy groups -OCH3 is 1. The maximum atomic E-state index is 12.5. The Labute approximate surface area is 166 Å². The second-order valence-electron chi connectivity index (χ2n) is 5.63. The molecule has 0 aliphatic heterocycles. The number of hydrogen-bond acceptors (Lipinski definition) is 4. The van der Waals surface area contributed by atoms with E-state index in [1.165, 1.54) is 0 Å². The summed E-state index contributed by atoms with van der Waals surface area (Å²) in [4.78, 5) is 24.9. The number of carbonyl (C=O) groups excluding carboxylic acids is 2. The van der Waals surface area contributed by atoms with E-state index in [2.05, 4.69) is 26.6 Å². The number of nitrogens with one attached hydrogen (secondary N) is 2. The molecule has 0 saturated heterocycles. The summed E-state index contributed by atoms with van der Waals surface area (Å²) in [6, 6.07) is 13.9. The molecule has 0 atom stereocenters. The maximum Gasteiger partial charge on any atom is 0.267 e. The molecule has 3 N–H and O–H groups in total. The van der Waals surface area contributed by atoms with Crippen LogP contribution in [-0.2, 0) is 4.79 Å². The SMILES string of the molecule is COc1ccc(/C=C(/NC(=O)c2ccc(Br)cc2)C(=O)NCCCO)cc1. The first-order valence-electron chi connectivity index (χ1n) is 8.35. The first kappa shape index (κ1) is 20.7. The number of rotatable bonds is 8. The van der Waals surface area contributed by atoms with E-state index in [0.29, 0.717) is 24.3 Å². The first-order chi connectivity index (χ1) is 13.0. The number of benzene rings is 2. The van der Waals surface area contributed by atoms with Crippen LogP contribution in [0.25, 0.3) is 6.08 Å². The number of aliphatic hydroxyl groups excluding tert-OH is 1. The van der Waals surface area contributed by atoms with Gasteiger partial charge in [0.1, 0.15) is 11.4 Å². The Morgan fingerprint density at radius 2 is 1.78 bits per heavy atom. The summed E-state index contributed by atoms with van der Waals surface area (Å²) in [5, 5.41) is 14.2. The highest BCUT2D eigenvalue weighted by Crippen LogP contribution is 2.14. The average molecular weight is 433 g/mol. The average Bonchev–Trinajstić information content (AvgIpc) is 2.68. The number of amides is 2. The minimum atomic E-state index is -0.426. The van der Waals surface area contributed by atoms with Gasteiger partial charge >= 0.3 is 0 Å². The van der Waals surface area contributed by atoms with Crippen molar-refractivity contribution in [1.82, 2.24) is 10.6 Å². The number of aliphatic hydroxyl groups is 1. The van der Waals surface area contributed by atoms with Crippen LogP contribution in [0.4, 0.5) is 0 Å². The minimum Gasteiger partial charge on any atom is -0.497 e. The zero-order valence-electron chi connectivity index (χ0n) is 14.9. The molecule has 0 aliphatic carbocycles. The van der Waals surface area contributed by atoms with E-state index in [9.17, 15) is 9.59 Å². The Hall–Kier alpha value is -2.64. The van der Waals surface area contributed by atoms with Crippen molar-refractivity contribution in [1.29, 1.82) is 0 Å². The van der Waals surface area contributed by atoms with Gasteiger partial charge in [-0.2, -0.15) is 0 Å². The molecule has 0 fully saturated rings. The van der Waals surface area contributed by atoms with Gasteiger partial charge in [-0.3, -0.25) is 9.59 Å². The molecule has 2 aromatic rings. The van der Waals surface area contributed by atoms with Gasteiger partial charge in [-0.1, -0.05) is 28.1 Å². The van der Waals surface area contributed by atoms with Crippen LogP contribution in [-0.4, -0.2) is 37.2 Å². The van der Waals surface area contributed by atoms with Gasteiger partial charge < -0.3 is 20.5 Å². The molecule has 0 aliphatic rings. The van der Waals surface area contributed by atoms with E-state index in [1.807, 2.05) is 0 Å². The fourth-order valence-electron chi connectivity index (χ4n) is 2.20. The third-order valence-corrected chi connectivity index (χ3v) is 4.18. The number of carbonyl (C=O) groups is 2. The molecule has 142 valence electrons. The molecule has 27 heavy (non-hydrogen) atoms. The standard InChI is InChI=1S/C20H21BrN2O4/c1-27-17-9-3-14(4-10-17)13-18(20(26)22-11-2-12-24)23-19(25)15-5-7-16(21)8-6-15/h3-10,13,24H,2,11-12H2,1H3,(H,22,26)(H,23,25)/b18-13+. The minimum absolute atomic E-state index is 0.0247. The van der Waals surface area contributed by atoms with Gasteiger partial charge in [-0.15, -0.1) is 0 Å². The molecule has 0 spiro atoms. The van der Waals surface area contributed by atoms with Crippen LogP contribution < -0.4 is 15.4 Å². The third-order valence-electron chi connectivity index (χ3n) is 3.65. The Morgan fingerprint density at radius 1 is 1.11 bits per heavy atom. The van der Waals surface area contributed by atoms with E-state index in [0.717, 1.165) is 10.0 Å². The Kier molecular flexibility index (Phi) is 8.03. The molecule has 0 bridgehead atoms. The number of ether oxygens (including phenoxy) is 1. The largest absolute Gasteiger partial charge is 0.497 e. The first-order valence-corrected chi connectivity index (χ1v) is 9.14. The lowest BCUT2D eigenvalue weighted by Gasteiger charge is -2.11. The highest BCUT2D eigenvalue weighted by Gasteiger charge is 2.14. The molecule has 0 heterocycles. The molecular weight excluding hydrogens is 412 g/mol. The quantitative estimate of drug-likeness (QED) is 0.442. The zero-order valence-corrected chi connectivity index (χ0v) is 16.5. The van der Waals surface area contributed by atoms with Crippen molar-refractivity contribution >= 4 is 33.8 Å². The van der Waals surface area contributed by atoms with E-state index < -0.39 is 5.91 Å². The highest BCUT2D eigenvalue weighted by atomic mass is 79.9. The lowest BCUT2D eigenvalue weighted by Crippen LogP contribution is -2.35.